The fraction of sp³-hybridized carbons (Fsp3) is 0.889. The molecule has 1 amide bonds. The van der Waals surface area contributed by atoms with E-state index in [1.807, 2.05) is 0 Å². The maximum atomic E-state index is 10.9. The Bertz CT molecular complexity index is 158. The van der Waals surface area contributed by atoms with Crippen LogP contribution in [0.5, 0.6) is 0 Å². The van der Waals surface area contributed by atoms with Gasteiger partial charge in [-0.3, -0.25) is 4.79 Å². The zero-order valence-electron chi connectivity index (χ0n) is 7.72. The zero-order chi connectivity index (χ0) is 9.52. The van der Waals surface area contributed by atoms with Gasteiger partial charge in [0.15, 0.2) is 0 Å². The van der Waals surface area contributed by atoms with Gasteiger partial charge in [-0.2, -0.15) is 0 Å². The second kappa shape index (κ2) is 6.38. The average Bonchev–Trinajstić information content (AvgIpc) is 2.19. The SMILES string of the molecule is O=C(CBr)NCCC1CCCCO1. The van der Waals surface area contributed by atoms with E-state index in [0.717, 1.165) is 26.0 Å². The molecule has 1 heterocycles. The number of nitrogens with one attached hydrogen (secondary N) is 1. The highest BCUT2D eigenvalue weighted by molar-refractivity contribution is 9.09. The molecule has 1 fully saturated rings. The number of amides is 1. The van der Waals surface area contributed by atoms with E-state index < -0.39 is 0 Å². The van der Waals surface area contributed by atoms with E-state index >= 15 is 0 Å². The summed E-state index contributed by atoms with van der Waals surface area (Å²) in [6.07, 6.45) is 4.90. The standard InChI is InChI=1S/C9H16BrNO2/c10-7-9(12)11-5-4-8-3-1-2-6-13-8/h8H,1-7H2,(H,11,12). The first-order valence-corrected chi connectivity index (χ1v) is 5.89. The van der Waals surface area contributed by atoms with E-state index in [9.17, 15) is 4.79 Å². The Morgan fingerprint density at radius 3 is 3.00 bits per heavy atom. The fourth-order valence-electron chi connectivity index (χ4n) is 1.45. The normalized spacial score (nSPS) is 22.7. The van der Waals surface area contributed by atoms with Crippen molar-refractivity contribution in [2.24, 2.45) is 0 Å². The van der Waals surface area contributed by atoms with Crippen LogP contribution in [0.1, 0.15) is 25.7 Å². The van der Waals surface area contributed by atoms with Crippen molar-refractivity contribution in [1.29, 1.82) is 0 Å². The zero-order valence-corrected chi connectivity index (χ0v) is 9.31. The number of ether oxygens (including phenoxy) is 1. The minimum atomic E-state index is 0.0517. The second-order valence-corrected chi connectivity index (χ2v) is 3.82. The van der Waals surface area contributed by atoms with Crippen LogP contribution in [-0.2, 0) is 9.53 Å². The Balaban J connectivity index is 2.01. The monoisotopic (exact) mass is 249 g/mol. The van der Waals surface area contributed by atoms with E-state index in [2.05, 4.69) is 21.2 Å². The topological polar surface area (TPSA) is 38.3 Å². The average molecular weight is 250 g/mol. The first-order chi connectivity index (χ1) is 6.33. The number of rotatable bonds is 4. The van der Waals surface area contributed by atoms with Crippen LogP contribution in [0.25, 0.3) is 0 Å². The van der Waals surface area contributed by atoms with Crippen LogP contribution >= 0.6 is 15.9 Å². The summed E-state index contributed by atoms with van der Waals surface area (Å²) in [5.41, 5.74) is 0. The Labute approximate surface area is 87.3 Å². The summed E-state index contributed by atoms with van der Waals surface area (Å²) in [6, 6.07) is 0. The van der Waals surface area contributed by atoms with Crippen LogP contribution in [0.15, 0.2) is 0 Å². The molecule has 1 aliphatic heterocycles. The third kappa shape index (κ3) is 4.62. The molecule has 1 atom stereocenters. The molecule has 1 aliphatic rings. The highest BCUT2D eigenvalue weighted by Gasteiger charge is 2.13. The molecule has 0 spiro atoms. The van der Waals surface area contributed by atoms with E-state index in [-0.39, 0.29) is 5.91 Å². The first kappa shape index (κ1) is 11.0. The quantitative estimate of drug-likeness (QED) is 0.767. The van der Waals surface area contributed by atoms with E-state index in [0.29, 0.717) is 11.4 Å². The van der Waals surface area contributed by atoms with Crippen molar-refractivity contribution in [3.05, 3.63) is 0 Å². The lowest BCUT2D eigenvalue weighted by molar-refractivity contribution is -0.118. The Morgan fingerprint density at radius 2 is 2.38 bits per heavy atom. The van der Waals surface area contributed by atoms with Crippen molar-refractivity contribution < 1.29 is 9.53 Å². The summed E-state index contributed by atoms with van der Waals surface area (Å²) in [5.74, 6) is 0.0517. The summed E-state index contributed by atoms with van der Waals surface area (Å²) < 4.78 is 5.53. The number of hydrogen-bond acceptors (Lipinski definition) is 2. The molecule has 4 heteroatoms. The third-order valence-corrected chi connectivity index (χ3v) is 2.69. The number of carbonyl (C=O) groups is 1. The molecule has 76 valence electrons. The number of carbonyl (C=O) groups excluding carboxylic acids is 1. The van der Waals surface area contributed by atoms with Gasteiger partial charge >= 0.3 is 0 Å². The number of hydrogen-bond donors (Lipinski definition) is 1. The van der Waals surface area contributed by atoms with Crippen molar-refractivity contribution in [3.8, 4) is 0 Å². The summed E-state index contributed by atoms with van der Waals surface area (Å²) in [4.78, 5) is 10.9. The van der Waals surface area contributed by atoms with Gasteiger partial charge in [-0.15, -0.1) is 0 Å². The molecular formula is C9H16BrNO2. The fourth-order valence-corrected chi connectivity index (χ4v) is 1.65. The molecule has 1 rings (SSSR count). The maximum absolute atomic E-state index is 10.9. The highest BCUT2D eigenvalue weighted by Crippen LogP contribution is 2.14. The van der Waals surface area contributed by atoms with Crippen LogP contribution in [0.2, 0.25) is 0 Å². The van der Waals surface area contributed by atoms with Crippen molar-refractivity contribution in [1.82, 2.24) is 5.32 Å². The molecular weight excluding hydrogens is 234 g/mol. The Kier molecular flexibility index (Phi) is 5.39. The lowest BCUT2D eigenvalue weighted by atomic mass is 10.1. The van der Waals surface area contributed by atoms with Crippen molar-refractivity contribution in [3.63, 3.8) is 0 Å². The summed E-state index contributed by atoms with van der Waals surface area (Å²) in [5, 5.41) is 3.20. The molecule has 0 aromatic rings. The summed E-state index contributed by atoms with van der Waals surface area (Å²) in [6.45, 7) is 1.62. The van der Waals surface area contributed by atoms with E-state index in [4.69, 9.17) is 4.74 Å². The van der Waals surface area contributed by atoms with Crippen LogP contribution in [0.4, 0.5) is 0 Å². The minimum Gasteiger partial charge on any atom is -0.378 e. The molecule has 0 aliphatic carbocycles. The van der Waals surface area contributed by atoms with Crippen molar-refractivity contribution in [2.75, 3.05) is 18.5 Å². The van der Waals surface area contributed by atoms with Crippen molar-refractivity contribution >= 4 is 21.8 Å². The smallest absolute Gasteiger partial charge is 0.230 e. The minimum absolute atomic E-state index is 0.0517. The Hall–Kier alpha value is -0.0900. The largest absolute Gasteiger partial charge is 0.378 e. The number of alkyl halides is 1. The van der Waals surface area contributed by atoms with Gasteiger partial charge in [0.25, 0.3) is 0 Å². The maximum Gasteiger partial charge on any atom is 0.230 e. The highest BCUT2D eigenvalue weighted by atomic mass is 79.9. The molecule has 1 saturated heterocycles. The molecule has 0 bridgehead atoms. The molecule has 1 unspecified atom stereocenters. The van der Waals surface area contributed by atoms with Gasteiger partial charge in [0.1, 0.15) is 0 Å². The molecule has 0 aromatic heterocycles. The molecule has 1 N–H and O–H groups in total. The van der Waals surface area contributed by atoms with Crippen LogP contribution in [0.3, 0.4) is 0 Å². The molecule has 3 nitrogen and oxygen atoms in total. The van der Waals surface area contributed by atoms with Gasteiger partial charge in [0, 0.05) is 13.2 Å². The lowest BCUT2D eigenvalue weighted by Crippen LogP contribution is -2.29. The van der Waals surface area contributed by atoms with Gasteiger partial charge < -0.3 is 10.1 Å². The molecule has 0 radical (unpaired) electrons. The van der Waals surface area contributed by atoms with Crippen LogP contribution < -0.4 is 5.32 Å². The van der Waals surface area contributed by atoms with E-state index in [1.165, 1.54) is 12.8 Å². The molecule has 0 saturated carbocycles. The van der Waals surface area contributed by atoms with Gasteiger partial charge in [-0.05, 0) is 25.7 Å². The van der Waals surface area contributed by atoms with Crippen LogP contribution in [-0.4, -0.2) is 30.5 Å². The second-order valence-electron chi connectivity index (χ2n) is 3.26. The summed E-state index contributed by atoms with van der Waals surface area (Å²) in [7, 11) is 0. The van der Waals surface area contributed by atoms with Gasteiger partial charge in [0.05, 0.1) is 11.4 Å². The van der Waals surface area contributed by atoms with Gasteiger partial charge in [0.2, 0.25) is 5.91 Å². The van der Waals surface area contributed by atoms with Gasteiger partial charge in [-0.1, -0.05) is 15.9 Å². The first-order valence-electron chi connectivity index (χ1n) is 4.77. The van der Waals surface area contributed by atoms with Gasteiger partial charge in [-0.25, -0.2) is 0 Å². The molecule has 0 aromatic carbocycles. The third-order valence-electron chi connectivity index (χ3n) is 2.18. The molecule has 13 heavy (non-hydrogen) atoms. The van der Waals surface area contributed by atoms with Crippen LogP contribution in [0, 0.1) is 0 Å². The van der Waals surface area contributed by atoms with E-state index in [1.54, 1.807) is 0 Å². The predicted octanol–water partition coefficient (Wildman–Crippen LogP) is 1.46. The van der Waals surface area contributed by atoms with Crippen molar-refractivity contribution in [2.45, 2.75) is 31.8 Å². The lowest BCUT2D eigenvalue weighted by Gasteiger charge is -2.22. The Morgan fingerprint density at radius 1 is 1.54 bits per heavy atom. The number of halogens is 1. The summed E-state index contributed by atoms with van der Waals surface area (Å²) >= 11 is 3.10. The predicted molar refractivity (Wildman–Crippen MR) is 55.0 cm³/mol.